The van der Waals surface area contributed by atoms with Crippen LogP contribution in [0, 0.1) is 17.6 Å². The third-order valence-electron chi connectivity index (χ3n) is 6.02. The summed E-state index contributed by atoms with van der Waals surface area (Å²) in [7, 11) is 0. The first kappa shape index (κ1) is 18.9. The third kappa shape index (κ3) is 3.60. The molecule has 1 saturated heterocycles. The zero-order chi connectivity index (χ0) is 20.7. The van der Waals surface area contributed by atoms with Crippen LogP contribution in [0.2, 0.25) is 0 Å². The molecule has 0 N–H and O–H groups in total. The summed E-state index contributed by atoms with van der Waals surface area (Å²) in [5.41, 5.74) is 1.18. The molecule has 154 valence electrons. The number of nitrogens with zero attached hydrogens (tertiary/aromatic N) is 3. The van der Waals surface area contributed by atoms with E-state index in [0.29, 0.717) is 42.4 Å². The minimum atomic E-state index is -0.359. The standard InChI is InChI=1S/C23H21F2N3O2/c24-16-7-3-5-14(11-16)21-26-22(30-27-21)15-6-4-10-28(13-15)23(29)19-12-18(19)17-8-1-2-9-20(17)25/h1-3,5,7-9,11,15,18-19H,4,6,10,12-13H2. The summed E-state index contributed by atoms with van der Waals surface area (Å²) in [6, 6.07) is 12.7. The highest BCUT2D eigenvalue weighted by molar-refractivity contribution is 5.83. The number of piperidine rings is 1. The van der Waals surface area contributed by atoms with Crippen molar-refractivity contribution in [3.63, 3.8) is 0 Å². The van der Waals surface area contributed by atoms with E-state index in [2.05, 4.69) is 10.1 Å². The van der Waals surface area contributed by atoms with Gasteiger partial charge >= 0.3 is 0 Å². The Morgan fingerprint density at radius 1 is 1.13 bits per heavy atom. The summed E-state index contributed by atoms with van der Waals surface area (Å²) in [6.45, 7) is 1.19. The molecule has 0 bridgehead atoms. The van der Waals surface area contributed by atoms with Gasteiger partial charge in [-0.05, 0) is 48.9 Å². The van der Waals surface area contributed by atoms with E-state index in [9.17, 15) is 13.6 Å². The quantitative estimate of drug-likeness (QED) is 0.636. The van der Waals surface area contributed by atoms with Crippen LogP contribution in [0.5, 0.6) is 0 Å². The number of hydrogen-bond acceptors (Lipinski definition) is 4. The highest BCUT2D eigenvalue weighted by Gasteiger charge is 2.47. The maximum atomic E-state index is 14.0. The third-order valence-corrected chi connectivity index (χ3v) is 6.02. The molecular formula is C23H21F2N3O2. The number of carbonyl (C=O) groups excluding carboxylic acids is 1. The zero-order valence-electron chi connectivity index (χ0n) is 16.3. The number of aromatic nitrogens is 2. The summed E-state index contributed by atoms with van der Waals surface area (Å²) in [4.78, 5) is 19.3. The number of carbonyl (C=O) groups is 1. The molecule has 30 heavy (non-hydrogen) atoms. The lowest BCUT2D eigenvalue weighted by atomic mass is 9.97. The Hall–Kier alpha value is -3.09. The average Bonchev–Trinajstić information content (AvgIpc) is 3.39. The van der Waals surface area contributed by atoms with E-state index >= 15 is 0 Å². The van der Waals surface area contributed by atoms with Crippen molar-refractivity contribution in [3.05, 3.63) is 71.6 Å². The number of halogens is 2. The molecule has 1 aliphatic carbocycles. The molecule has 2 fully saturated rings. The SMILES string of the molecule is O=C(C1CC1c1ccccc1F)N1CCCC(c2nc(-c3cccc(F)c3)no2)C1. The van der Waals surface area contributed by atoms with Crippen molar-refractivity contribution >= 4 is 5.91 Å². The molecule has 1 amide bonds. The molecule has 3 unspecified atom stereocenters. The fourth-order valence-corrected chi connectivity index (χ4v) is 4.35. The molecule has 2 aromatic carbocycles. The van der Waals surface area contributed by atoms with Crippen LogP contribution >= 0.6 is 0 Å². The summed E-state index contributed by atoms with van der Waals surface area (Å²) in [6.07, 6.45) is 2.37. The summed E-state index contributed by atoms with van der Waals surface area (Å²) >= 11 is 0. The molecule has 3 atom stereocenters. The van der Waals surface area contributed by atoms with Gasteiger partial charge in [0.05, 0.1) is 5.92 Å². The van der Waals surface area contributed by atoms with E-state index in [-0.39, 0.29) is 35.3 Å². The summed E-state index contributed by atoms with van der Waals surface area (Å²) in [5.74, 6) is 0.0180. The minimum absolute atomic E-state index is 0.0398. The molecule has 0 spiro atoms. The van der Waals surface area contributed by atoms with Gasteiger partial charge in [-0.3, -0.25) is 4.79 Å². The summed E-state index contributed by atoms with van der Waals surface area (Å²) < 4.78 is 32.9. The molecule has 3 aromatic rings. The number of benzene rings is 2. The highest BCUT2D eigenvalue weighted by atomic mass is 19.1. The smallest absolute Gasteiger partial charge is 0.231 e. The van der Waals surface area contributed by atoms with Gasteiger partial charge in [-0.25, -0.2) is 8.78 Å². The zero-order valence-corrected chi connectivity index (χ0v) is 16.3. The van der Waals surface area contributed by atoms with Crippen molar-refractivity contribution in [2.24, 2.45) is 5.92 Å². The molecule has 1 saturated carbocycles. The van der Waals surface area contributed by atoms with Gasteiger partial charge in [0.2, 0.25) is 17.6 Å². The molecule has 2 heterocycles. The Kier molecular flexibility index (Phi) is 4.81. The van der Waals surface area contributed by atoms with Gasteiger partial charge in [0.1, 0.15) is 11.6 Å². The van der Waals surface area contributed by atoms with Gasteiger partial charge in [-0.15, -0.1) is 0 Å². The van der Waals surface area contributed by atoms with Crippen molar-refractivity contribution in [2.45, 2.75) is 31.1 Å². The van der Waals surface area contributed by atoms with Crippen molar-refractivity contribution < 1.29 is 18.1 Å². The van der Waals surface area contributed by atoms with Crippen LogP contribution in [0.15, 0.2) is 53.1 Å². The Morgan fingerprint density at radius 3 is 2.83 bits per heavy atom. The predicted octanol–water partition coefficient (Wildman–Crippen LogP) is 4.52. The van der Waals surface area contributed by atoms with Crippen LogP contribution in [-0.4, -0.2) is 34.0 Å². The van der Waals surface area contributed by atoms with Crippen molar-refractivity contribution in [1.82, 2.24) is 15.0 Å². The maximum absolute atomic E-state index is 14.0. The molecule has 2 aliphatic rings. The number of rotatable bonds is 4. The molecule has 0 radical (unpaired) electrons. The average molecular weight is 409 g/mol. The Balaban J connectivity index is 1.27. The van der Waals surface area contributed by atoms with E-state index in [1.807, 2.05) is 4.90 Å². The Morgan fingerprint density at radius 2 is 2.00 bits per heavy atom. The highest BCUT2D eigenvalue weighted by Crippen LogP contribution is 2.49. The maximum Gasteiger partial charge on any atom is 0.231 e. The second-order valence-electron chi connectivity index (χ2n) is 8.06. The van der Waals surface area contributed by atoms with E-state index in [1.54, 1.807) is 30.3 Å². The molecule has 5 rings (SSSR count). The van der Waals surface area contributed by atoms with E-state index < -0.39 is 0 Å². The van der Waals surface area contributed by atoms with Crippen LogP contribution in [-0.2, 0) is 4.79 Å². The first-order valence-electron chi connectivity index (χ1n) is 10.2. The number of amides is 1. The van der Waals surface area contributed by atoms with Gasteiger partial charge in [-0.2, -0.15) is 4.98 Å². The molecular weight excluding hydrogens is 388 g/mol. The predicted molar refractivity (Wildman–Crippen MR) is 105 cm³/mol. The number of likely N-dealkylation sites (tertiary alicyclic amines) is 1. The van der Waals surface area contributed by atoms with E-state index in [4.69, 9.17) is 4.52 Å². The lowest BCUT2D eigenvalue weighted by Crippen LogP contribution is -2.40. The van der Waals surface area contributed by atoms with Crippen molar-refractivity contribution in [2.75, 3.05) is 13.1 Å². The normalized spacial score (nSPS) is 23.4. The van der Waals surface area contributed by atoms with Crippen LogP contribution < -0.4 is 0 Å². The molecule has 1 aliphatic heterocycles. The minimum Gasteiger partial charge on any atom is -0.342 e. The monoisotopic (exact) mass is 409 g/mol. The topological polar surface area (TPSA) is 59.2 Å². The fourth-order valence-electron chi connectivity index (χ4n) is 4.35. The second kappa shape index (κ2) is 7.63. The van der Waals surface area contributed by atoms with Crippen molar-refractivity contribution in [1.29, 1.82) is 0 Å². The largest absolute Gasteiger partial charge is 0.342 e. The van der Waals surface area contributed by atoms with E-state index in [0.717, 1.165) is 12.8 Å². The van der Waals surface area contributed by atoms with Crippen LogP contribution in [0.1, 0.15) is 42.6 Å². The Bertz CT molecular complexity index is 1080. The van der Waals surface area contributed by atoms with Gasteiger partial charge < -0.3 is 9.42 Å². The van der Waals surface area contributed by atoms with Crippen LogP contribution in [0.3, 0.4) is 0 Å². The second-order valence-corrected chi connectivity index (χ2v) is 8.06. The van der Waals surface area contributed by atoms with Crippen LogP contribution in [0.4, 0.5) is 8.78 Å². The molecule has 1 aromatic heterocycles. The molecule has 7 heteroatoms. The Labute approximate surface area is 172 Å². The van der Waals surface area contributed by atoms with Gasteiger partial charge in [0, 0.05) is 24.6 Å². The van der Waals surface area contributed by atoms with Gasteiger partial charge in [-0.1, -0.05) is 35.5 Å². The van der Waals surface area contributed by atoms with Gasteiger partial charge in [0.25, 0.3) is 0 Å². The van der Waals surface area contributed by atoms with Gasteiger partial charge in [0.15, 0.2) is 0 Å². The lowest BCUT2D eigenvalue weighted by Gasteiger charge is -2.31. The number of hydrogen-bond donors (Lipinski definition) is 0. The first-order valence-corrected chi connectivity index (χ1v) is 10.2. The molecule has 5 nitrogen and oxygen atoms in total. The van der Waals surface area contributed by atoms with Crippen molar-refractivity contribution in [3.8, 4) is 11.4 Å². The van der Waals surface area contributed by atoms with E-state index in [1.165, 1.54) is 18.2 Å². The lowest BCUT2D eigenvalue weighted by molar-refractivity contribution is -0.134. The first-order chi connectivity index (χ1) is 14.6. The summed E-state index contributed by atoms with van der Waals surface area (Å²) in [5, 5.41) is 3.98. The van der Waals surface area contributed by atoms with Crippen LogP contribution in [0.25, 0.3) is 11.4 Å². The fraction of sp³-hybridized carbons (Fsp3) is 0.348.